The Hall–Kier alpha value is -1.24. The number of anilines is 1. The summed E-state index contributed by atoms with van der Waals surface area (Å²) in [6.45, 7) is 2.01. The number of carbonyl (C=O) groups is 2. The van der Waals surface area contributed by atoms with Gasteiger partial charge in [-0.1, -0.05) is 18.5 Å². The molecule has 5 nitrogen and oxygen atoms in total. The van der Waals surface area contributed by atoms with Gasteiger partial charge in [-0.2, -0.15) is 0 Å². The lowest BCUT2D eigenvalue weighted by Crippen LogP contribution is -2.16. The maximum absolute atomic E-state index is 11.8. The molecule has 0 saturated carbocycles. The molecule has 7 heteroatoms. The predicted octanol–water partition coefficient (Wildman–Crippen LogP) is 2.48. The van der Waals surface area contributed by atoms with E-state index in [0.717, 1.165) is 0 Å². The summed E-state index contributed by atoms with van der Waals surface area (Å²) in [5.74, 6) is -1.12. The zero-order valence-corrected chi connectivity index (χ0v) is 12.5. The Kier molecular flexibility index (Phi) is 6.84. The number of carbonyl (C=O) groups excluding carboxylic acids is 1. The van der Waals surface area contributed by atoms with Gasteiger partial charge in [0.1, 0.15) is 0 Å². The molecule has 0 spiro atoms. The highest BCUT2D eigenvalue weighted by atomic mass is 35.5. The minimum atomic E-state index is -1.08. The molecule has 0 fully saturated rings. The molecule has 110 valence electrons. The molecule has 0 bridgehead atoms. The number of aliphatic hydroxyl groups excluding tert-OH is 1. The van der Waals surface area contributed by atoms with Crippen LogP contribution in [-0.2, 0) is 4.79 Å². The molecule has 1 rings (SSSR count). The number of halogens is 1. The quantitative estimate of drug-likeness (QED) is 0.719. The fourth-order valence-electron chi connectivity index (χ4n) is 1.42. The summed E-state index contributed by atoms with van der Waals surface area (Å²) in [6, 6.07) is 4.13. The first-order valence-corrected chi connectivity index (χ1v) is 7.42. The van der Waals surface area contributed by atoms with Crippen molar-refractivity contribution >= 4 is 40.9 Å². The van der Waals surface area contributed by atoms with Gasteiger partial charge in [-0.05, 0) is 24.6 Å². The normalized spacial score (nSPS) is 11.9. The average molecular weight is 318 g/mol. The number of amides is 1. The number of hydrogen-bond donors (Lipinski definition) is 3. The lowest BCUT2D eigenvalue weighted by Gasteiger charge is -2.11. The molecule has 0 radical (unpaired) electrons. The molecule has 0 aliphatic heterocycles. The average Bonchev–Trinajstić information content (AvgIpc) is 2.39. The monoisotopic (exact) mass is 317 g/mol. The van der Waals surface area contributed by atoms with Crippen molar-refractivity contribution in [1.29, 1.82) is 0 Å². The molecular formula is C13H16ClNO4S. The van der Waals surface area contributed by atoms with Crippen molar-refractivity contribution in [3.63, 3.8) is 0 Å². The number of hydrogen-bond acceptors (Lipinski definition) is 4. The van der Waals surface area contributed by atoms with E-state index < -0.39 is 5.97 Å². The summed E-state index contributed by atoms with van der Waals surface area (Å²) in [5.41, 5.74) is 0.345. The van der Waals surface area contributed by atoms with Crippen molar-refractivity contribution in [3.8, 4) is 0 Å². The molecule has 1 atom stereocenters. The number of aromatic carboxylic acids is 1. The van der Waals surface area contributed by atoms with E-state index in [1.165, 1.54) is 30.0 Å². The third kappa shape index (κ3) is 5.40. The maximum Gasteiger partial charge on any atom is 0.335 e. The first kappa shape index (κ1) is 16.8. The van der Waals surface area contributed by atoms with Crippen LogP contribution in [0.5, 0.6) is 0 Å². The van der Waals surface area contributed by atoms with Gasteiger partial charge in [0, 0.05) is 11.9 Å². The third-order valence-electron chi connectivity index (χ3n) is 2.52. The molecule has 0 aliphatic rings. The van der Waals surface area contributed by atoms with Gasteiger partial charge in [0.15, 0.2) is 0 Å². The Labute approximate surface area is 126 Å². The Balaban J connectivity index is 2.61. The third-order valence-corrected chi connectivity index (χ3v) is 4.09. The van der Waals surface area contributed by atoms with E-state index in [9.17, 15) is 9.59 Å². The zero-order valence-electron chi connectivity index (χ0n) is 10.9. The standard InChI is InChI=1S/C13H16ClNO4S/c1-8(4-5-16)20-7-12(17)15-11-6-9(13(18)19)2-3-10(11)14/h2-3,6,8,16H,4-5,7H2,1H3,(H,15,17)(H,18,19). The lowest BCUT2D eigenvalue weighted by atomic mass is 10.2. The molecule has 1 aromatic rings. The largest absolute Gasteiger partial charge is 0.478 e. The van der Waals surface area contributed by atoms with E-state index in [1.54, 1.807) is 0 Å². The van der Waals surface area contributed by atoms with Gasteiger partial charge in [-0.3, -0.25) is 4.79 Å². The van der Waals surface area contributed by atoms with Crippen LogP contribution >= 0.6 is 23.4 Å². The van der Waals surface area contributed by atoms with Crippen LogP contribution in [0, 0.1) is 0 Å². The number of nitrogens with one attached hydrogen (secondary N) is 1. The first-order chi connectivity index (χ1) is 9.43. The SMILES string of the molecule is CC(CCO)SCC(=O)Nc1cc(C(=O)O)ccc1Cl. The van der Waals surface area contributed by atoms with E-state index in [0.29, 0.717) is 6.42 Å². The van der Waals surface area contributed by atoms with Gasteiger partial charge >= 0.3 is 5.97 Å². The second-order valence-electron chi connectivity index (χ2n) is 4.18. The number of aliphatic hydroxyl groups is 1. The van der Waals surface area contributed by atoms with Crippen LogP contribution < -0.4 is 5.32 Å². The highest BCUT2D eigenvalue weighted by Gasteiger charge is 2.11. The molecular weight excluding hydrogens is 302 g/mol. The van der Waals surface area contributed by atoms with Crippen molar-refractivity contribution in [3.05, 3.63) is 28.8 Å². The van der Waals surface area contributed by atoms with Gasteiger partial charge in [0.25, 0.3) is 0 Å². The molecule has 0 saturated heterocycles. The second kappa shape index (κ2) is 8.14. The zero-order chi connectivity index (χ0) is 15.1. The van der Waals surface area contributed by atoms with Gasteiger partial charge < -0.3 is 15.5 Å². The van der Waals surface area contributed by atoms with Gasteiger partial charge in [-0.15, -0.1) is 11.8 Å². The molecule has 0 aromatic heterocycles. The molecule has 1 unspecified atom stereocenters. The molecule has 1 amide bonds. The van der Waals surface area contributed by atoms with Crippen LogP contribution in [0.15, 0.2) is 18.2 Å². The first-order valence-electron chi connectivity index (χ1n) is 5.99. The van der Waals surface area contributed by atoms with Crippen molar-refractivity contribution in [2.45, 2.75) is 18.6 Å². The number of carboxylic acid groups (broad SMARTS) is 1. The number of benzene rings is 1. The van der Waals surface area contributed by atoms with Crippen molar-refractivity contribution < 1.29 is 19.8 Å². The summed E-state index contributed by atoms with van der Waals surface area (Å²) in [7, 11) is 0. The van der Waals surface area contributed by atoms with Gasteiger partial charge in [0.2, 0.25) is 5.91 Å². The van der Waals surface area contributed by atoms with E-state index in [4.69, 9.17) is 21.8 Å². The summed E-state index contributed by atoms with van der Waals surface area (Å²) in [4.78, 5) is 22.6. The Morgan fingerprint density at radius 1 is 1.45 bits per heavy atom. The van der Waals surface area contributed by atoms with E-state index in [-0.39, 0.29) is 39.8 Å². The predicted molar refractivity (Wildman–Crippen MR) is 80.7 cm³/mol. The van der Waals surface area contributed by atoms with Crippen LogP contribution in [0.2, 0.25) is 5.02 Å². The lowest BCUT2D eigenvalue weighted by molar-refractivity contribution is -0.113. The van der Waals surface area contributed by atoms with Crippen LogP contribution in [0.25, 0.3) is 0 Å². The summed E-state index contributed by atoms with van der Waals surface area (Å²) in [6.07, 6.45) is 0.618. The Morgan fingerprint density at radius 2 is 2.15 bits per heavy atom. The van der Waals surface area contributed by atoms with Crippen LogP contribution in [0.1, 0.15) is 23.7 Å². The highest BCUT2D eigenvalue weighted by Crippen LogP contribution is 2.23. The van der Waals surface area contributed by atoms with Gasteiger partial charge in [0.05, 0.1) is 22.0 Å². The summed E-state index contributed by atoms with van der Waals surface area (Å²) in [5, 5.41) is 20.7. The summed E-state index contributed by atoms with van der Waals surface area (Å²) >= 11 is 7.32. The molecule has 1 aromatic carbocycles. The summed E-state index contributed by atoms with van der Waals surface area (Å²) < 4.78 is 0. The number of rotatable bonds is 7. The van der Waals surface area contributed by atoms with Crippen molar-refractivity contribution in [1.82, 2.24) is 0 Å². The second-order valence-corrected chi connectivity index (χ2v) is 6.02. The van der Waals surface area contributed by atoms with Gasteiger partial charge in [-0.25, -0.2) is 4.79 Å². The van der Waals surface area contributed by atoms with E-state index in [1.807, 2.05) is 6.92 Å². The van der Waals surface area contributed by atoms with Crippen LogP contribution in [0.3, 0.4) is 0 Å². The fourth-order valence-corrected chi connectivity index (χ4v) is 2.37. The smallest absolute Gasteiger partial charge is 0.335 e. The minimum absolute atomic E-state index is 0.0611. The number of thioether (sulfide) groups is 1. The fraction of sp³-hybridized carbons (Fsp3) is 0.385. The maximum atomic E-state index is 11.8. The van der Waals surface area contributed by atoms with E-state index >= 15 is 0 Å². The molecule has 0 aliphatic carbocycles. The van der Waals surface area contributed by atoms with Crippen LogP contribution in [0.4, 0.5) is 5.69 Å². The molecule has 3 N–H and O–H groups in total. The minimum Gasteiger partial charge on any atom is -0.478 e. The topological polar surface area (TPSA) is 86.6 Å². The molecule has 0 heterocycles. The van der Waals surface area contributed by atoms with Crippen molar-refractivity contribution in [2.24, 2.45) is 0 Å². The van der Waals surface area contributed by atoms with E-state index in [2.05, 4.69) is 5.32 Å². The number of carboxylic acids is 1. The highest BCUT2D eigenvalue weighted by molar-refractivity contribution is 8.00. The van der Waals surface area contributed by atoms with Crippen LogP contribution in [-0.4, -0.2) is 39.7 Å². The Morgan fingerprint density at radius 3 is 2.75 bits per heavy atom. The van der Waals surface area contributed by atoms with Crippen molar-refractivity contribution in [2.75, 3.05) is 17.7 Å². The Bertz CT molecular complexity index is 495. The molecule has 20 heavy (non-hydrogen) atoms.